The Morgan fingerprint density at radius 1 is 0.361 bits per heavy atom. The SMILES string of the molecule is CCCCCCCC/C=C\CCCCCCCCN(CCCCCCCC(=O)OC(CCCCCCCC)CCCCCCCC)CCCCSSCCCCN1CCN(CCOC(=O)CCCN(CC(O)CCCCCCCCCC)CC(O)CCCCCCCCCC)CC1. The first-order valence-corrected chi connectivity index (χ1v) is 45.7. The van der Waals surface area contributed by atoms with E-state index in [1.54, 1.807) is 0 Å². The number of esters is 2. The van der Waals surface area contributed by atoms with Gasteiger partial charge in [0, 0.05) is 70.2 Å². The van der Waals surface area contributed by atoms with E-state index in [0.29, 0.717) is 45.5 Å². The summed E-state index contributed by atoms with van der Waals surface area (Å²) < 4.78 is 11.9. The Bertz CT molecular complexity index is 1580. The van der Waals surface area contributed by atoms with E-state index in [9.17, 15) is 19.8 Å². The molecule has 10 nitrogen and oxygen atoms in total. The number of unbranched alkanes of at least 4 members (excludes halogenated alkanes) is 42. The molecule has 1 aliphatic heterocycles. The zero-order valence-electron chi connectivity index (χ0n) is 65.6. The fourth-order valence-corrected chi connectivity index (χ4v) is 16.4. The van der Waals surface area contributed by atoms with Crippen LogP contribution in [-0.2, 0) is 19.1 Å². The Morgan fingerprint density at radius 2 is 0.691 bits per heavy atom. The van der Waals surface area contributed by atoms with Crippen LogP contribution in [0.5, 0.6) is 0 Å². The minimum atomic E-state index is -0.398. The molecule has 1 rings (SSSR count). The van der Waals surface area contributed by atoms with Gasteiger partial charge in [-0.1, -0.05) is 312 Å². The highest BCUT2D eigenvalue weighted by Crippen LogP contribution is 2.25. The molecule has 0 saturated carbocycles. The van der Waals surface area contributed by atoms with Crippen molar-refractivity contribution in [2.24, 2.45) is 0 Å². The molecular formula is C85H168N4O6S2. The molecule has 0 bridgehead atoms. The molecule has 12 heteroatoms. The second kappa shape index (κ2) is 76.3. The van der Waals surface area contributed by atoms with Crippen LogP contribution >= 0.6 is 21.6 Å². The van der Waals surface area contributed by atoms with E-state index in [2.05, 4.69) is 88.0 Å². The topological polar surface area (TPSA) is 106 Å². The quantitative estimate of drug-likeness (QED) is 0.0262. The Hall–Kier alpha value is -0.860. The molecule has 2 N–H and O–H groups in total. The third-order valence-corrected chi connectivity index (χ3v) is 23.2. The van der Waals surface area contributed by atoms with Gasteiger partial charge in [-0.2, -0.15) is 0 Å². The summed E-state index contributed by atoms with van der Waals surface area (Å²) in [6.45, 7) is 23.6. The van der Waals surface area contributed by atoms with Crippen molar-refractivity contribution in [3.05, 3.63) is 12.2 Å². The second-order valence-electron chi connectivity index (χ2n) is 30.2. The van der Waals surface area contributed by atoms with Gasteiger partial charge >= 0.3 is 11.9 Å². The van der Waals surface area contributed by atoms with Crippen LogP contribution in [0.3, 0.4) is 0 Å². The average Bonchev–Trinajstić information content (AvgIpc) is 2.86. The van der Waals surface area contributed by atoms with Crippen LogP contribution in [0.25, 0.3) is 0 Å². The van der Waals surface area contributed by atoms with E-state index in [4.69, 9.17) is 9.47 Å². The van der Waals surface area contributed by atoms with Gasteiger partial charge in [0.1, 0.15) is 12.7 Å². The van der Waals surface area contributed by atoms with Crippen molar-refractivity contribution in [2.75, 3.05) is 96.6 Å². The van der Waals surface area contributed by atoms with Gasteiger partial charge in [-0.25, -0.2) is 0 Å². The highest BCUT2D eigenvalue weighted by Gasteiger charge is 2.20. The number of aliphatic hydroxyl groups excluding tert-OH is 2. The van der Waals surface area contributed by atoms with Crippen molar-refractivity contribution < 1.29 is 29.3 Å². The molecule has 0 aromatic rings. The molecule has 0 amide bonds. The summed E-state index contributed by atoms with van der Waals surface area (Å²) in [5, 5.41) is 22.1. The van der Waals surface area contributed by atoms with Gasteiger partial charge in [0.2, 0.25) is 0 Å². The van der Waals surface area contributed by atoms with E-state index in [1.165, 1.54) is 339 Å². The number of ether oxygens (including phenoxy) is 2. The maximum Gasteiger partial charge on any atom is 0.306 e. The predicted molar refractivity (Wildman–Crippen MR) is 429 cm³/mol. The van der Waals surface area contributed by atoms with Crippen LogP contribution in [0.2, 0.25) is 0 Å². The molecule has 0 radical (unpaired) electrons. The molecule has 0 aliphatic carbocycles. The highest BCUT2D eigenvalue weighted by atomic mass is 33.1. The summed E-state index contributed by atoms with van der Waals surface area (Å²) in [6.07, 6.45) is 75.3. The normalized spacial score (nSPS) is 14.0. The van der Waals surface area contributed by atoms with Crippen molar-refractivity contribution in [1.29, 1.82) is 0 Å². The van der Waals surface area contributed by atoms with Crippen LogP contribution in [0.1, 0.15) is 407 Å². The molecule has 2 atom stereocenters. The zero-order valence-corrected chi connectivity index (χ0v) is 67.3. The summed E-state index contributed by atoms with van der Waals surface area (Å²) in [7, 11) is 4.18. The molecule has 576 valence electrons. The van der Waals surface area contributed by atoms with Gasteiger partial charge in [0.25, 0.3) is 0 Å². The number of nitrogens with zero attached hydrogens (tertiary/aromatic N) is 4. The number of rotatable bonds is 79. The van der Waals surface area contributed by atoms with Gasteiger partial charge in [-0.3, -0.25) is 19.4 Å². The summed E-state index contributed by atoms with van der Waals surface area (Å²) in [5.74, 6) is 2.41. The molecule has 0 aromatic carbocycles. The van der Waals surface area contributed by atoms with E-state index in [0.717, 1.165) is 84.1 Å². The van der Waals surface area contributed by atoms with Crippen LogP contribution in [0.15, 0.2) is 12.2 Å². The molecule has 1 saturated heterocycles. The largest absolute Gasteiger partial charge is 0.464 e. The number of allylic oxidation sites excluding steroid dienone is 2. The molecule has 1 aliphatic rings. The van der Waals surface area contributed by atoms with Crippen molar-refractivity contribution in [3.63, 3.8) is 0 Å². The first kappa shape index (κ1) is 94.2. The number of hydrogen-bond donors (Lipinski definition) is 2. The van der Waals surface area contributed by atoms with E-state index < -0.39 is 12.2 Å². The molecule has 2 unspecified atom stereocenters. The van der Waals surface area contributed by atoms with E-state index >= 15 is 0 Å². The summed E-state index contributed by atoms with van der Waals surface area (Å²) >= 11 is 0. The maximum atomic E-state index is 13.1. The third-order valence-electron chi connectivity index (χ3n) is 20.6. The molecular weight excluding hydrogens is 1240 g/mol. The van der Waals surface area contributed by atoms with Gasteiger partial charge in [0.15, 0.2) is 0 Å². The number of carbonyl (C=O) groups excluding carboxylic acids is 2. The van der Waals surface area contributed by atoms with Crippen LogP contribution in [0.4, 0.5) is 0 Å². The molecule has 0 spiro atoms. The van der Waals surface area contributed by atoms with Gasteiger partial charge in [0.05, 0.1) is 12.2 Å². The third kappa shape index (κ3) is 68.0. The summed E-state index contributed by atoms with van der Waals surface area (Å²) in [6, 6.07) is 0. The predicted octanol–water partition coefficient (Wildman–Crippen LogP) is 24.0. The van der Waals surface area contributed by atoms with Crippen LogP contribution in [-0.4, -0.2) is 157 Å². The van der Waals surface area contributed by atoms with Crippen molar-refractivity contribution in [2.45, 2.75) is 425 Å². The lowest BCUT2D eigenvalue weighted by molar-refractivity contribution is -0.150. The monoisotopic (exact) mass is 1410 g/mol. The zero-order chi connectivity index (χ0) is 70.1. The lowest BCUT2D eigenvalue weighted by atomic mass is 10.0. The molecule has 97 heavy (non-hydrogen) atoms. The summed E-state index contributed by atoms with van der Waals surface area (Å²) in [5.41, 5.74) is 0. The first-order valence-electron chi connectivity index (χ1n) is 43.2. The maximum absolute atomic E-state index is 13.1. The molecule has 0 aromatic heterocycles. The van der Waals surface area contributed by atoms with Crippen molar-refractivity contribution >= 4 is 33.5 Å². The Kier molecular flexibility index (Phi) is 74.0. The molecule has 1 fully saturated rings. The summed E-state index contributed by atoms with van der Waals surface area (Å²) in [4.78, 5) is 36.0. The Balaban J connectivity index is 2.40. The van der Waals surface area contributed by atoms with Gasteiger partial charge in [-0.05, 0) is 148 Å². The average molecular weight is 1410 g/mol. The Labute approximate surface area is 613 Å². The van der Waals surface area contributed by atoms with Crippen molar-refractivity contribution in [3.8, 4) is 0 Å². The number of hydrogen-bond acceptors (Lipinski definition) is 12. The van der Waals surface area contributed by atoms with E-state index in [1.807, 2.05) is 0 Å². The lowest BCUT2D eigenvalue weighted by Gasteiger charge is -2.34. The van der Waals surface area contributed by atoms with Gasteiger partial charge < -0.3 is 29.5 Å². The smallest absolute Gasteiger partial charge is 0.306 e. The standard InChI is InChI=1S/C85H168N4O6S2/c1-6-11-16-21-26-29-30-31-32-33-34-35-36-39-46-53-66-86(67-54-47-40-45-52-64-85(93)95-83(62-50-43-24-19-14-9-4)63-51-44-25-20-15-10-5)68-55-57-77-96-97-78-58-56-69-87-71-73-88(74-72-87)75-76-94-84(92)65-59-70-89(79-81(90)60-48-41-37-27-22-17-12-7-2)80-82(91)61-49-42-38-28-23-18-13-8-3/h31-32,81-83,90-91H,6-30,33-80H2,1-5H3/b32-31-. The van der Waals surface area contributed by atoms with Gasteiger partial charge in [-0.15, -0.1) is 0 Å². The van der Waals surface area contributed by atoms with E-state index in [-0.39, 0.29) is 18.0 Å². The number of piperazine rings is 1. The highest BCUT2D eigenvalue weighted by molar-refractivity contribution is 8.76. The lowest BCUT2D eigenvalue weighted by Crippen LogP contribution is -2.47. The fraction of sp³-hybridized carbons (Fsp3) is 0.953. The second-order valence-corrected chi connectivity index (χ2v) is 32.9. The number of aliphatic hydroxyl groups is 2. The Morgan fingerprint density at radius 3 is 1.12 bits per heavy atom. The van der Waals surface area contributed by atoms with Crippen LogP contribution < -0.4 is 0 Å². The van der Waals surface area contributed by atoms with Crippen molar-refractivity contribution in [1.82, 2.24) is 19.6 Å². The molecule has 1 heterocycles. The van der Waals surface area contributed by atoms with Crippen LogP contribution in [0, 0.1) is 0 Å². The minimum Gasteiger partial charge on any atom is -0.464 e. The fourth-order valence-electron chi connectivity index (χ4n) is 14.1. The minimum absolute atomic E-state index is 0.0533. The first-order chi connectivity index (χ1) is 47.7. The number of carbonyl (C=O) groups is 2.